The molecule has 0 aliphatic heterocycles. The van der Waals surface area contributed by atoms with Gasteiger partial charge in [0.25, 0.3) is 10.1 Å². The van der Waals surface area contributed by atoms with Gasteiger partial charge in [0.1, 0.15) is 36.9 Å². The highest BCUT2D eigenvalue weighted by Gasteiger charge is 2.15. The van der Waals surface area contributed by atoms with Crippen LogP contribution in [0.15, 0.2) is 55.1 Å². The number of hydrogen-bond acceptors (Lipinski definition) is 8. The molecule has 164 valence electrons. The number of aliphatic hydroxyl groups is 3. The summed E-state index contributed by atoms with van der Waals surface area (Å²) in [6, 6.07) is 14.2. The van der Waals surface area contributed by atoms with Crippen LogP contribution in [0.25, 0.3) is 5.57 Å². The third kappa shape index (κ3) is 7.77. The standard InChI is InChI=1S/C21H26O8S/c1-15(16-3-7-19(8-4-16)27-13-18(24)11-22)17-5-9-20(10-6-17)28-14-21(12-23)29-30(2,25)26/h3-10,18,21-24H,1,11-14H2,2H3. The summed E-state index contributed by atoms with van der Waals surface area (Å²) in [7, 11) is -3.69. The minimum absolute atomic E-state index is 0.00458. The lowest BCUT2D eigenvalue weighted by Crippen LogP contribution is -2.28. The van der Waals surface area contributed by atoms with E-state index in [1.165, 1.54) is 0 Å². The van der Waals surface area contributed by atoms with Crippen LogP contribution in [0, 0.1) is 0 Å². The topological polar surface area (TPSA) is 123 Å². The van der Waals surface area contributed by atoms with Crippen LogP contribution in [0.5, 0.6) is 11.5 Å². The lowest BCUT2D eigenvalue weighted by atomic mass is 9.99. The average molecular weight is 438 g/mol. The highest BCUT2D eigenvalue weighted by atomic mass is 32.2. The summed E-state index contributed by atoms with van der Waals surface area (Å²) < 4.78 is 37.9. The summed E-state index contributed by atoms with van der Waals surface area (Å²) >= 11 is 0. The zero-order valence-electron chi connectivity index (χ0n) is 16.6. The third-order valence-corrected chi connectivity index (χ3v) is 4.63. The molecule has 0 aromatic heterocycles. The van der Waals surface area contributed by atoms with E-state index in [0.717, 1.165) is 23.0 Å². The van der Waals surface area contributed by atoms with Gasteiger partial charge in [-0.25, -0.2) is 0 Å². The van der Waals surface area contributed by atoms with E-state index in [0.29, 0.717) is 11.5 Å². The molecule has 0 amide bonds. The average Bonchev–Trinajstić information content (AvgIpc) is 2.74. The smallest absolute Gasteiger partial charge is 0.264 e. The fourth-order valence-corrected chi connectivity index (χ4v) is 3.07. The Morgan fingerprint density at radius 2 is 1.37 bits per heavy atom. The van der Waals surface area contributed by atoms with Crippen LogP contribution in [0.3, 0.4) is 0 Å². The van der Waals surface area contributed by atoms with Gasteiger partial charge >= 0.3 is 0 Å². The van der Waals surface area contributed by atoms with E-state index in [-0.39, 0.29) is 19.8 Å². The molecule has 2 rings (SSSR count). The Morgan fingerprint density at radius 1 is 0.900 bits per heavy atom. The Hall–Kier alpha value is -2.43. The number of aliphatic hydroxyl groups excluding tert-OH is 3. The van der Waals surface area contributed by atoms with E-state index < -0.39 is 28.9 Å². The van der Waals surface area contributed by atoms with Crippen LogP contribution in [0.2, 0.25) is 0 Å². The van der Waals surface area contributed by atoms with Crippen molar-refractivity contribution >= 4 is 15.7 Å². The van der Waals surface area contributed by atoms with Crippen LogP contribution < -0.4 is 9.47 Å². The Kier molecular flexibility index (Phi) is 8.82. The van der Waals surface area contributed by atoms with Crippen molar-refractivity contribution in [2.24, 2.45) is 0 Å². The van der Waals surface area contributed by atoms with Crippen molar-refractivity contribution in [3.8, 4) is 11.5 Å². The van der Waals surface area contributed by atoms with Gasteiger partial charge in [0, 0.05) is 0 Å². The van der Waals surface area contributed by atoms with Crippen molar-refractivity contribution in [3.05, 3.63) is 66.2 Å². The fraction of sp³-hybridized carbons (Fsp3) is 0.333. The molecule has 0 spiro atoms. The van der Waals surface area contributed by atoms with Crippen molar-refractivity contribution in [2.75, 3.05) is 32.7 Å². The molecule has 0 bridgehead atoms. The van der Waals surface area contributed by atoms with E-state index >= 15 is 0 Å². The van der Waals surface area contributed by atoms with Gasteiger partial charge in [-0.3, -0.25) is 4.18 Å². The maximum absolute atomic E-state index is 11.1. The molecule has 2 aromatic carbocycles. The van der Waals surface area contributed by atoms with Crippen molar-refractivity contribution in [1.82, 2.24) is 0 Å². The molecule has 0 saturated carbocycles. The second kappa shape index (κ2) is 11.1. The van der Waals surface area contributed by atoms with Gasteiger partial charge in [0.15, 0.2) is 0 Å². The maximum Gasteiger partial charge on any atom is 0.264 e. The Labute approximate surface area is 176 Å². The first kappa shape index (κ1) is 23.8. The predicted octanol–water partition coefficient (Wildman–Crippen LogP) is 1.20. The van der Waals surface area contributed by atoms with Crippen LogP contribution in [0.1, 0.15) is 11.1 Å². The zero-order chi connectivity index (χ0) is 22.1. The van der Waals surface area contributed by atoms with E-state index in [4.69, 9.17) is 18.8 Å². The molecule has 2 unspecified atom stereocenters. The Balaban J connectivity index is 1.94. The van der Waals surface area contributed by atoms with Crippen molar-refractivity contribution < 1.29 is 37.4 Å². The Morgan fingerprint density at radius 3 is 1.77 bits per heavy atom. The highest BCUT2D eigenvalue weighted by molar-refractivity contribution is 7.86. The predicted molar refractivity (Wildman–Crippen MR) is 112 cm³/mol. The second-order valence-corrected chi connectivity index (χ2v) is 8.19. The monoisotopic (exact) mass is 438 g/mol. The second-order valence-electron chi connectivity index (χ2n) is 6.59. The van der Waals surface area contributed by atoms with Crippen molar-refractivity contribution in [1.29, 1.82) is 0 Å². The molecule has 9 heteroatoms. The summed E-state index contributed by atoms with van der Waals surface area (Å²) in [5.41, 5.74) is 2.51. The summed E-state index contributed by atoms with van der Waals surface area (Å²) in [5.74, 6) is 1.06. The van der Waals surface area contributed by atoms with Gasteiger partial charge in [0.2, 0.25) is 0 Å². The number of hydrogen-bond donors (Lipinski definition) is 3. The van der Waals surface area contributed by atoms with Crippen LogP contribution in [-0.2, 0) is 14.3 Å². The molecular weight excluding hydrogens is 412 g/mol. The van der Waals surface area contributed by atoms with Crippen LogP contribution in [0.4, 0.5) is 0 Å². The van der Waals surface area contributed by atoms with Crippen LogP contribution in [-0.4, -0.2) is 68.6 Å². The lowest BCUT2D eigenvalue weighted by Gasteiger charge is -2.15. The lowest BCUT2D eigenvalue weighted by molar-refractivity contribution is 0.0536. The molecule has 2 aromatic rings. The van der Waals surface area contributed by atoms with E-state index in [2.05, 4.69) is 6.58 Å². The van der Waals surface area contributed by atoms with Gasteiger partial charge in [-0.05, 0) is 41.0 Å². The quantitative estimate of drug-likeness (QED) is 0.423. The van der Waals surface area contributed by atoms with Gasteiger partial charge in [-0.15, -0.1) is 0 Å². The fourth-order valence-electron chi connectivity index (χ4n) is 2.46. The normalized spacial score (nSPS) is 13.5. The van der Waals surface area contributed by atoms with Crippen LogP contribution >= 0.6 is 0 Å². The van der Waals surface area contributed by atoms with Gasteiger partial charge in [0.05, 0.1) is 19.5 Å². The highest BCUT2D eigenvalue weighted by Crippen LogP contribution is 2.25. The molecule has 0 aliphatic carbocycles. The minimum Gasteiger partial charge on any atom is -0.491 e. The SMILES string of the molecule is C=C(c1ccc(OCC(O)CO)cc1)c1ccc(OCC(CO)OS(C)(=O)=O)cc1. The molecule has 0 radical (unpaired) electrons. The molecular formula is C21H26O8S. The van der Waals surface area contributed by atoms with Crippen molar-refractivity contribution in [3.63, 3.8) is 0 Å². The first-order valence-electron chi connectivity index (χ1n) is 9.15. The number of benzene rings is 2. The van der Waals surface area contributed by atoms with E-state index in [1.54, 1.807) is 24.3 Å². The first-order chi connectivity index (χ1) is 14.2. The molecule has 2 atom stereocenters. The molecule has 3 N–H and O–H groups in total. The van der Waals surface area contributed by atoms with E-state index in [9.17, 15) is 18.6 Å². The van der Waals surface area contributed by atoms with Gasteiger partial charge in [-0.2, -0.15) is 8.42 Å². The third-order valence-electron chi connectivity index (χ3n) is 4.01. The molecule has 8 nitrogen and oxygen atoms in total. The molecule has 0 heterocycles. The van der Waals surface area contributed by atoms with E-state index in [1.807, 2.05) is 24.3 Å². The summed E-state index contributed by atoms with van der Waals surface area (Å²) in [6.45, 7) is 3.14. The van der Waals surface area contributed by atoms with Crippen molar-refractivity contribution in [2.45, 2.75) is 12.2 Å². The minimum atomic E-state index is -3.69. The largest absolute Gasteiger partial charge is 0.491 e. The number of ether oxygens (including phenoxy) is 2. The summed E-state index contributed by atoms with van der Waals surface area (Å²) in [5, 5.41) is 27.3. The van der Waals surface area contributed by atoms with Gasteiger partial charge < -0.3 is 24.8 Å². The Bertz CT molecular complexity index is 907. The summed E-state index contributed by atoms with van der Waals surface area (Å²) in [6.07, 6.45) is -0.993. The molecule has 30 heavy (non-hydrogen) atoms. The molecule has 0 saturated heterocycles. The first-order valence-corrected chi connectivity index (χ1v) is 11.0. The molecule has 0 fully saturated rings. The van der Waals surface area contributed by atoms with Gasteiger partial charge in [-0.1, -0.05) is 30.8 Å². The zero-order valence-corrected chi connectivity index (χ0v) is 17.4. The maximum atomic E-state index is 11.1. The number of rotatable bonds is 12. The molecule has 0 aliphatic rings. The summed E-state index contributed by atoms with van der Waals surface area (Å²) in [4.78, 5) is 0.